The molecule has 0 atom stereocenters. The highest BCUT2D eigenvalue weighted by Gasteiger charge is 2.17. The van der Waals surface area contributed by atoms with E-state index in [0.717, 1.165) is 22.6 Å². The van der Waals surface area contributed by atoms with Crippen LogP contribution in [0.15, 0.2) is 52.9 Å². The van der Waals surface area contributed by atoms with Gasteiger partial charge in [0.25, 0.3) is 0 Å². The number of benzene rings is 4. The fourth-order valence-electron chi connectivity index (χ4n) is 5.50. The van der Waals surface area contributed by atoms with Gasteiger partial charge in [-0.1, -0.05) is 103 Å². The molecular weight excluding hydrogens is 580 g/mol. The van der Waals surface area contributed by atoms with Crippen LogP contribution in [0.3, 0.4) is 0 Å². The SMILES string of the molecule is C.C.CC1CCC(C)CC1.Cc1ccc2c(oc3c(F)c(C)ccc32)c1F.Cc1ccc2c(sc3c(F)c(C)ccc32)c1F. The molecule has 236 valence electrons. The van der Waals surface area contributed by atoms with Gasteiger partial charge in [0.1, 0.15) is 11.6 Å². The van der Waals surface area contributed by atoms with Crippen molar-refractivity contribution in [1.29, 1.82) is 0 Å². The molecule has 4 aromatic carbocycles. The van der Waals surface area contributed by atoms with Crippen molar-refractivity contribution in [2.75, 3.05) is 0 Å². The third kappa shape index (κ3) is 6.66. The van der Waals surface area contributed by atoms with Crippen molar-refractivity contribution in [1.82, 2.24) is 0 Å². The number of aryl methyl sites for hydroxylation is 4. The Kier molecular flexibility index (Phi) is 11.3. The summed E-state index contributed by atoms with van der Waals surface area (Å²) in [4.78, 5) is 0. The Morgan fingerprint density at radius 2 is 0.795 bits per heavy atom. The average Bonchev–Trinajstić information content (AvgIpc) is 3.55. The first-order chi connectivity index (χ1) is 20.0. The predicted molar refractivity (Wildman–Crippen MR) is 182 cm³/mol. The van der Waals surface area contributed by atoms with E-state index < -0.39 is 11.6 Å². The minimum absolute atomic E-state index is 0. The zero-order chi connectivity index (χ0) is 30.3. The van der Waals surface area contributed by atoms with Crippen LogP contribution in [0.25, 0.3) is 42.1 Å². The molecule has 0 spiro atoms. The predicted octanol–water partition coefficient (Wildman–Crippen LogP) is 13.5. The van der Waals surface area contributed by atoms with Crippen molar-refractivity contribution >= 4 is 53.4 Å². The van der Waals surface area contributed by atoms with Crippen LogP contribution in [0, 0.1) is 62.8 Å². The molecule has 0 radical (unpaired) electrons. The fourth-order valence-corrected chi connectivity index (χ4v) is 6.78. The zero-order valence-electron chi connectivity index (χ0n) is 24.9. The van der Waals surface area contributed by atoms with Crippen LogP contribution < -0.4 is 0 Å². The summed E-state index contributed by atoms with van der Waals surface area (Å²) in [7, 11) is 0. The van der Waals surface area contributed by atoms with Gasteiger partial charge >= 0.3 is 0 Å². The minimum Gasteiger partial charge on any atom is -0.450 e. The van der Waals surface area contributed by atoms with Gasteiger partial charge < -0.3 is 4.42 Å². The van der Waals surface area contributed by atoms with Crippen LogP contribution >= 0.6 is 11.3 Å². The molecule has 6 aromatic rings. The van der Waals surface area contributed by atoms with Crippen LogP contribution in [-0.2, 0) is 0 Å². The lowest BCUT2D eigenvalue weighted by atomic mass is 9.84. The number of furan rings is 1. The second kappa shape index (κ2) is 14.2. The largest absolute Gasteiger partial charge is 0.450 e. The van der Waals surface area contributed by atoms with Crippen LogP contribution in [0.2, 0.25) is 0 Å². The average molecular weight is 625 g/mol. The van der Waals surface area contributed by atoms with Crippen LogP contribution in [-0.4, -0.2) is 0 Å². The number of hydrogen-bond acceptors (Lipinski definition) is 2. The summed E-state index contributed by atoms with van der Waals surface area (Å²) in [5.74, 6) is 0.727. The lowest BCUT2D eigenvalue weighted by molar-refractivity contribution is 0.308. The standard InChI is InChI=1S/C14H10F2O.C14H10F2S.C8H16.2CH4/c2*1-7-3-5-9-10-6-4-8(2)12(16)14(10)17-13(9)11(7)15;1-7-3-5-8(2)6-4-7;;/h2*3-6H,1-2H3;7-8H,3-6H2,1-2H3;2*1H4. The summed E-state index contributed by atoms with van der Waals surface area (Å²) >= 11 is 1.19. The van der Waals surface area contributed by atoms with E-state index in [1.54, 1.807) is 64.1 Å². The first-order valence-electron chi connectivity index (χ1n) is 14.5. The lowest BCUT2D eigenvalue weighted by Crippen LogP contribution is -2.08. The van der Waals surface area contributed by atoms with Gasteiger partial charge in [-0.05, 0) is 61.8 Å². The molecule has 1 nitrogen and oxygen atoms in total. The van der Waals surface area contributed by atoms with Crippen LogP contribution in [0.1, 0.15) is 76.6 Å². The molecule has 6 heteroatoms. The van der Waals surface area contributed by atoms with Gasteiger partial charge in [0.2, 0.25) is 0 Å². The third-order valence-electron chi connectivity index (χ3n) is 8.45. The van der Waals surface area contributed by atoms with Crippen molar-refractivity contribution in [2.24, 2.45) is 11.8 Å². The van der Waals surface area contributed by atoms with Crippen LogP contribution in [0.5, 0.6) is 0 Å². The number of thiophene rings is 1. The Morgan fingerprint density at radius 1 is 0.500 bits per heavy atom. The topological polar surface area (TPSA) is 13.1 Å². The summed E-state index contributed by atoms with van der Waals surface area (Å²) in [6, 6.07) is 14.1. The molecule has 0 N–H and O–H groups in total. The molecule has 1 aliphatic carbocycles. The van der Waals surface area contributed by atoms with Gasteiger partial charge in [0.05, 0.1) is 9.40 Å². The highest BCUT2D eigenvalue weighted by molar-refractivity contribution is 7.25. The molecular formula is C38H44F4OS. The molecule has 1 fully saturated rings. The monoisotopic (exact) mass is 624 g/mol. The summed E-state index contributed by atoms with van der Waals surface area (Å²) < 4.78 is 62.0. The molecule has 0 saturated heterocycles. The van der Waals surface area contributed by atoms with Gasteiger partial charge in [0, 0.05) is 21.5 Å². The number of hydrogen-bond donors (Lipinski definition) is 0. The fraction of sp³-hybridized carbons (Fsp3) is 0.368. The van der Waals surface area contributed by atoms with Crippen molar-refractivity contribution in [3.8, 4) is 0 Å². The summed E-state index contributed by atoms with van der Waals surface area (Å²) in [6.07, 6.45) is 5.89. The maximum atomic E-state index is 14.0. The van der Waals surface area contributed by atoms with Gasteiger partial charge in [-0.25, -0.2) is 17.6 Å². The maximum Gasteiger partial charge on any atom is 0.171 e. The quantitative estimate of drug-likeness (QED) is 0.153. The molecule has 2 heterocycles. The molecule has 44 heavy (non-hydrogen) atoms. The smallest absolute Gasteiger partial charge is 0.171 e. The van der Waals surface area contributed by atoms with Gasteiger partial charge in [-0.15, -0.1) is 11.3 Å². The first kappa shape index (κ1) is 35.1. The zero-order valence-corrected chi connectivity index (χ0v) is 25.7. The molecule has 0 aliphatic heterocycles. The first-order valence-corrected chi connectivity index (χ1v) is 15.3. The molecule has 7 rings (SSSR count). The Balaban J connectivity index is 0.000000187. The van der Waals surface area contributed by atoms with Gasteiger partial charge in [-0.3, -0.25) is 0 Å². The van der Waals surface area contributed by atoms with Crippen molar-refractivity contribution in [3.63, 3.8) is 0 Å². The summed E-state index contributed by atoms with van der Waals surface area (Å²) in [5, 5.41) is 2.82. The molecule has 0 amide bonds. The second-order valence-corrected chi connectivity index (χ2v) is 12.9. The van der Waals surface area contributed by atoms with Gasteiger partial charge in [0.15, 0.2) is 22.8 Å². The minimum atomic E-state index is -0.421. The van der Waals surface area contributed by atoms with Crippen molar-refractivity contribution in [3.05, 3.63) is 94.1 Å². The van der Waals surface area contributed by atoms with Crippen molar-refractivity contribution in [2.45, 2.75) is 82.1 Å². The van der Waals surface area contributed by atoms with E-state index in [0.29, 0.717) is 42.4 Å². The molecule has 1 saturated carbocycles. The van der Waals surface area contributed by atoms with Crippen LogP contribution in [0.4, 0.5) is 17.6 Å². The van der Waals surface area contributed by atoms with E-state index in [1.807, 2.05) is 12.1 Å². The lowest BCUT2D eigenvalue weighted by Gasteiger charge is -2.22. The Labute approximate surface area is 262 Å². The highest BCUT2D eigenvalue weighted by Crippen LogP contribution is 2.38. The Bertz CT molecular complexity index is 1640. The molecule has 0 unspecified atom stereocenters. The third-order valence-corrected chi connectivity index (χ3v) is 9.66. The highest BCUT2D eigenvalue weighted by atomic mass is 32.1. The maximum absolute atomic E-state index is 14.0. The van der Waals surface area contributed by atoms with E-state index in [4.69, 9.17) is 4.42 Å². The van der Waals surface area contributed by atoms with E-state index >= 15 is 0 Å². The molecule has 0 bridgehead atoms. The number of halogens is 4. The molecule has 1 aliphatic rings. The van der Waals surface area contributed by atoms with E-state index in [-0.39, 0.29) is 37.7 Å². The summed E-state index contributed by atoms with van der Waals surface area (Å²) in [6.45, 7) is 11.5. The van der Waals surface area contributed by atoms with Crippen molar-refractivity contribution < 1.29 is 22.0 Å². The Hall–Kier alpha value is -3.38. The normalized spacial score (nSPS) is 16.1. The number of rotatable bonds is 0. The van der Waals surface area contributed by atoms with E-state index in [2.05, 4.69) is 13.8 Å². The van der Waals surface area contributed by atoms with E-state index in [9.17, 15) is 17.6 Å². The van der Waals surface area contributed by atoms with E-state index in [1.165, 1.54) is 37.0 Å². The van der Waals surface area contributed by atoms with Gasteiger partial charge in [-0.2, -0.15) is 0 Å². The number of fused-ring (bicyclic) bond motifs is 6. The Morgan fingerprint density at radius 3 is 1.14 bits per heavy atom. The second-order valence-electron chi connectivity index (χ2n) is 11.9. The summed E-state index contributed by atoms with van der Waals surface area (Å²) in [5.41, 5.74) is 2.44. The molecule has 2 aromatic heterocycles.